The van der Waals surface area contributed by atoms with Gasteiger partial charge in [0, 0.05) is 39.4 Å². The molecule has 0 saturated carbocycles. The lowest BCUT2D eigenvalue weighted by molar-refractivity contribution is -0.129. The molecule has 4 rings (SSSR count). The van der Waals surface area contributed by atoms with E-state index in [9.17, 15) is 4.79 Å². The van der Waals surface area contributed by atoms with Gasteiger partial charge in [0.25, 0.3) is 0 Å². The van der Waals surface area contributed by atoms with E-state index in [4.69, 9.17) is 0 Å². The molecule has 0 spiro atoms. The fourth-order valence-corrected chi connectivity index (χ4v) is 6.74. The SMILES string of the molecule is CC=Nc1cc(N2C(=O)[C@H](C)[C@@H]2c2c(P)cc(N3CCC(C)(P)C3)cc2I)ccc1C. The van der Waals surface area contributed by atoms with Crippen LogP contribution in [-0.4, -0.2) is 30.4 Å². The molecule has 2 aliphatic rings. The first-order valence-electron chi connectivity index (χ1n) is 10.7. The van der Waals surface area contributed by atoms with Gasteiger partial charge in [0.15, 0.2) is 0 Å². The highest BCUT2D eigenvalue weighted by Gasteiger charge is 2.47. The summed E-state index contributed by atoms with van der Waals surface area (Å²) in [6.07, 6.45) is 2.98. The van der Waals surface area contributed by atoms with Crippen LogP contribution in [0.15, 0.2) is 35.3 Å². The second kappa shape index (κ2) is 8.72. The molecular formula is C24H30IN3OP2. The first-order valence-corrected chi connectivity index (χ1v) is 12.9. The predicted molar refractivity (Wildman–Crippen MR) is 148 cm³/mol. The first kappa shape index (κ1) is 23.1. The van der Waals surface area contributed by atoms with E-state index in [1.54, 1.807) is 6.21 Å². The van der Waals surface area contributed by atoms with Gasteiger partial charge in [-0.05, 0) is 83.6 Å². The number of rotatable bonds is 4. The van der Waals surface area contributed by atoms with Crippen LogP contribution in [0.4, 0.5) is 17.1 Å². The average molecular weight is 565 g/mol. The van der Waals surface area contributed by atoms with E-state index in [1.165, 1.54) is 26.5 Å². The normalized spacial score (nSPS) is 26.1. The van der Waals surface area contributed by atoms with Gasteiger partial charge >= 0.3 is 0 Å². The molecule has 2 aromatic rings. The van der Waals surface area contributed by atoms with Crippen molar-refractivity contribution in [1.82, 2.24) is 0 Å². The van der Waals surface area contributed by atoms with Crippen molar-refractivity contribution in [3.8, 4) is 0 Å². The summed E-state index contributed by atoms with van der Waals surface area (Å²) >= 11 is 2.44. The zero-order chi connectivity index (χ0) is 22.5. The summed E-state index contributed by atoms with van der Waals surface area (Å²) in [4.78, 5) is 21.8. The van der Waals surface area contributed by atoms with E-state index in [-0.39, 0.29) is 23.0 Å². The van der Waals surface area contributed by atoms with Crippen LogP contribution in [0.1, 0.15) is 44.4 Å². The van der Waals surface area contributed by atoms with Gasteiger partial charge in [0.1, 0.15) is 0 Å². The van der Waals surface area contributed by atoms with Crippen molar-refractivity contribution in [2.75, 3.05) is 22.9 Å². The summed E-state index contributed by atoms with van der Waals surface area (Å²) in [6, 6.07) is 10.7. The Morgan fingerprint density at radius 2 is 2.00 bits per heavy atom. The number of β-lactam (4-membered cyclic amide) rings is 1. The molecule has 0 radical (unpaired) electrons. The van der Waals surface area contributed by atoms with E-state index in [0.29, 0.717) is 0 Å². The molecule has 2 heterocycles. The van der Waals surface area contributed by atoms with E-state index in [0.717, 1.165) is 30.0 Å². The lowest BCUT2D eigenvalue weighted by Crippen LogP contribution is -2.55. The Labute approximate surface area is 203 Å². The standard InChI is InChI=1S/C24H30IN3OP2/c1-5-26-19-11-16(7-6-14(19)2)28-22(15(3)23(28)29)21-18(25)10-17(12-20(21)30)27-9-8-24(4,31)13-27/h5-7,10-12,15,22H,8-9,13,30-31H2,1-4H3/t15-,22-,24?/m1/s1. The van der Waals surface area contributed by atoms with Crippen LogP contribution in [0.3, 0.4) is 0 Å². The molecule has 164 valence electrons. The van der Waals surface area contributed by atoms with Gasteiger partial charge in [-0.3, -0.25) is 9.79 Å². The number of anilines is 2. The molecule has 7 heteroatoms. The minimum absolute atomic E-state index is 0.0349. The van der Waals surface area contributed by atoms with E-state index < -0.39 is 0 Å². The molecule has 2 aliphatic heterocycles. The summed E-state index contributed by atoms with van der Waals surface area (Å²) in [5.74, 6) is 0.128. The monoisotopic (exact) mass is 565 g/mol. The maximum absolute atomic E-state index is 12.9. The minimum atomic E-state index is -0.0415. The number of amides is 1. The molecule has 4 nitrogen and oxygen atoms in total. The quantitative estimate of drug-likeness (QED) is 0.216. The lowest BCUT2D eigenvalue weighted by Gasteiger charge is -2.47. The Morgan fingerprint density at radius 1 is 1.26 bits per heavy atom. The molecule has 31 heavy (non-hydrogen) atoms. The minimum Gasteiger partial charge on any atom is -0.371 e. The van der Waals surface area contributed by atoms with E-state index in [2.05, 4.69) is 70.0 Å². The van der Waals surface area contributed by atoms with Crippen LogP contribution in [0.25, 0.3) is 0 Å². The Balaban J connectivity index is 1.70. The topological polar surface area (TPSA) is 35.9 Å². The number of aliphatic imine (C=N–C) groups is 1. The van der Waals surface area contributed by atoms with Crippen molar-refractivity contribution < 1.29 is 4.79 Å². The van der Waals surface area contributed by atoms with Gasteiger partial charge in [-0.2, -0.15) is 0 Å². The van der Waals surface area contributed by atoms with Gasteiger partial charge in [-0.1, -0.05) is 19.9 Å². The molecule has 0 aromatic heterocycles. The second-order valence-electron chi connectivity index (χ2n) is 9.06. The fourth-order valence-electron chi connectivity index (χ4n) is 4.65. The third-order valence-corrected chi connectivity index (χ3v) is 8.27. The number of aryl methyl sites for hydroxylation is 1. The number of hydrogen-bond donors (Lipinski definition) is 0. The van der Waals surface area contributed by atoms with Crippen LogP contribution in [0.5, 0.6) is 0 Å². The van der Waals surface area contributed by atoms with Crippen LogP contribution in [-0.2, 0) is 4.79 Å². The highest BCUT2D eigenvalue weighted by Crippen LogP contribution is 2.46. The zero-order valence-electron chi connectivity index (χ0n) is 18.5. The van der Waals surface area contributed by atoms with Crippen LogP contribution >= 0.6 is 41.1 Å². The van der Waals surface area contributed by atoms with Gasteiger partial charge < -0.3 is 9.80 Å². The number of nitrogens with zero attached hydrogens (tertiary/aromatic N) is 3. The van der Waals surface area contributed by atoms with Crippen molar-refractivity contribution in [3.63, 3.8) is 0 Å². The van der Waals surface area contributed by atoms with Crippen molar-refractivity contribution in [2.45, 2.75) is 45.3 Å². The summed E-state index contributed by atoms with van der Waals surface area (Å²) in [5.41, 5.74) is 5.44. The summed E-state index contributed by atoms with van der Waals surface area (Å²) in [6.45, 7) is 10.4. The van der Waals surface area contributed by atoms with Crippen molar-refractivity contribution in [2.24, 2.45) is 10.9 Å². The van der Waals surface area contributed by atoms with Crippen LogP contribution in [0.2, 0.25) is 0 Å². The summed E-state index contributed by atoms with van der Waals surface area (Å²) in [5, 5.41) is 1.45. The summed E-state index contributed by atoms with van der Waals surface area (Å²) in [7, 11) is 5.93. The first-order chi connectivity index (χ1) is 14.6. The number of halogens is 1. The number of benzene rings is 2. The molecule has 0 aliphatic carbocycles. The van der Waals surface area contributed by atoms with E-state index >= 15 is 0 Å². The Bertz CT molecular complexity index is 1050. The highest BCUT2D eigenvalue weighted by atomic mass is 127. The van der Waals surface area contributed by atoms with Crippen molar-refractivity contribution >= 4 is 75.6 Å². The zero-order valence-corrected chi connectivity index (χ0v) is 23.0. The van der Waals surface area contributed by atoms with Gasteiger partial charge in [-0.15, -0.1) is 18.5 Å². The van der Waals surface area contributed by atoms with Crippen molar-refractivity contribution in [3.05, 3.63) is 45.0 Å². The smallest absolute Gasteiger partial charge is 0.232 e. The van der Waals surface area contributed by atoms with E-state index in [1.807, 2.05) is 43.9 Å². The molecule has 3 unspecified atom stereocenters. The maximum atomic E-state index is 12.9. The molecule has 0 N–H and O–H groups in total. The maximum Gasteiger partial charge on any atom is 0.232 e. The van der Waals surface area contributed by atoms with Crippen LogP contribution in [0, 0.1) is 16.4 Å². The Hall–Kier alpha value is -1.03. The average Bonchev–Trinajstić information content (AvgIpc) is 3.08. The third kappa shape index (κ3) is 4.30. The third-order valence-electron chi connectivity index (χ3n) is 6.43. The molecule has 5 atom stereocenters. The Morgan fingerprint density at radius 3 is 2.61 bits per heavy atom. The van der Waals surface area contributed by atoms with Gasteiger partial charge in [0.2, 0.25) is 5.91 Å². The number of carbonyl (C=O) groups excluding carboxylic acids is 1. The van der Waals surface area contributed by atoms with Crippen molar-refractivity contribution in [1.29, 1.82) is 0 Å². The van der Waals surface area contributed by atoms with Gasteiger partial charge in [-0.25, -0.2) is 0 Å². The molecule has 0 bridgehead atoms. The molecule has 1 amide bonds. The van der Waals surface area contributed by atoms with Crippen LogP contribution < -0.4 is 15.1 Å². The number of carbonyl (C=O) groups is 1. The van der Waals surface area contributed by atoms with Gasteiger partial charge in [0.05, 0.1) is 17.6 Å². The number of hydrogen-bond acceptors (Lipinski definition) is 3. The molecule has 2 aromatic carbocycles. The fraction of sp³-hybridized carbons (Fsp3) is 0.417. The molecule has 2 fully saturated rings. The molecule has 2 saturated heterocycles. The summed E-state index contributed by atoms with van der Waals surface area (Å²) < 4.78 is 1.21. The molecular weight excluding hydrogens is 535 g/mol. The lowest BCUT2D eigenvalue weighted by atomic mass is 9.83. The largest absolute Gasteiger partial charge is 0.371 e. The Kier molecular flexibility index (Phi) is 6.51. The predicted octanol–water partition coefficient (Wildman–Crippen LogP) is 5.39. The highest BCUT2D eigenvalue weighted by molar-refractivity contribution is 14.1. The second-order valence-corrected chi connectivity index (χ2v) is 12.2.